The average molecular weight is 976 g/mol. The van der Waals surface area contributed by atoms with Crippen molar-refractivity contribution >= 4 is 5.91 Å². The number of aliphatic hydroxyl groups is 5. The number of hydrogen-bond acceptors (Lipinski definition) is 8. The summed E-state index contributed by atoms with van der Waals surface area (Å²) < 4.78 is 11.2. The van der Waals surface area contributed by atoms with Crippen molar-refractivity contribution in [3.8, 4) is 0 Å². The van der Waals surface area contributed by atoms with Gasteiger partial charge in [0.1, 0.15) is 24.4 Å². The SMILES string of the molecule is CC/C=C\C/C=C\C/C=C\C/C=C\C/C=C\C/C=C\C/C=C\C/C=C\C/C=C\CCCCCCCCCCCC(=O)NC(COC1OC(CO)C(O)C(O)C1O)C(O)/C=C/CCCCCCCCCC. The maximum atomic E-state index is 13.0. The molecule has 1 heterocycles. The van der Waals surface area contributed by atoms with Gasteiger partial charge in [0.25, 0.3) is 0 Å². The van der Waals surface area contributed by atoms with Crippen LogP contribution in [0.1, 0.15) is 200 Å². The van der Waals surface area contributed by atoms with Gasteiger partial charge in [0, 0.05) is 6.42 Å². The van der Waals surface area contributed by atoms with Crippen molar-refractivity contribution in [3.05, 3.63) is 122 Å². The van der Waals surface area contributed by atoms with E-state index in [4.69, 9.17) is 9.47 Å². The van der Waals surface area contributed by atoms with Crippen LogP contribution in [-0.2, 0) is 14.3 Å². The van der Waals surface area contributed by atoms with Crippen molar-refractivity contribution in [1.29, 1.82) is 0 Å². The molecular weight excluding hydrogens is 875 g/mol. The van der Waals surface area contributed by atoms with Crippen LogP contribution < -0.4 is 5.32 Å². The van der Waals surface area contributed by atoms with E-state index in [2.05, 4.69) is 129 Å². The van der Waals surface area contributed by atoms with E-state index in [1.807, 2.05) is 6.08 Å². The normalized spacial score (nSPS) is 20.4. The highest BCUT2D eigenvalue weighted by Crippen LogP contribution is 2.22. The fourth-order valence-electron chi connectivity index (χ4n) is 7.91. The van der Waals surface area contributed by atoms with Gasteiger partial charge in [-0.2, -0.15) is 0 Å². The van der Waals surface area contributed by atoms with Crippen molar-refractivity contribution < 1.29 is 39.8 Å². The van der Waals surface area contributed by atoms with Crippen LogP contribution in [-0.4, -0.2) is 87.5 Å². The molecule has 0 spiro atoms. The van der Waals surface area contributed by atoms with Gasteiger partial charge in [0.2, 0.25) is 5.91 Å². The average Bonchev–Trinajstić information content (AvgIpc) is 3.36. The molecule has 0 radical (unpaired) electrons. The number of unbranched alkanes of at least 4 members (excludes halogenated alkanes) is 17. The Morgan fingerprint density at radius 3 is 1.31 bits per heavy atom. The number of allylic oxidation sites excluding steroid dienone is 19. The first-order valence-corrected chi connectivity index (χ1v) is 27.8. The zero-order valence-corrected chi connectivity index (χ0v) is 44.0. The molecule has 6 N–H and O–H groups in total. The third kappa shape index (κ3) is 38.3. The second kappa shape index (κ2) is 49.2. The van der Waals surface area contributed by atoms with Gasteiger partial charge in [-0.15, -0.1) is 0 Å². The first-order chi connectivity index (χ1) is 34.3. The molecule has 0 aromatic carbocycles. The Balaban J connectivity index is 2.15. The molecule has 9 nitrogen and oxygen atoms in total. The summed E-state index contributed by atoms with van der Waals surface area (Å²) in [6, 6.07) is -0.814. The summed E-state index contributed by atoms with van der Waals surface area (Å²) in [7, 11) is 0. The number of ether oxygens (including phenoxy) is 2. The number of carbonyl (C=O) groups excluding carboxylic acids is 1. The van der Waals surface area contributed by atoms with Crippen molar-refractivity contribution in [2.45, 2.75) is 243 Å². The topological polar surface area (TPSA) is 149 Å². The van der Waals surface area contributed by atoms with Crippen molar-refractivity contribution in [2.75, 3.05) is 13.2 Å². The molecule has 1 aliphatic rings. The maximum absolute atomic E-state index is 13.0. The van der Waals surface area contributed by atoms with Gasteiger partial charge in [0.05, 0.1) is 25.4 Å². The van der Waals surface area contributed by atoms with E-state index in [9.17, 15) is 30.3 Å². The van der Waals surface area contributed by atoms with Gasteiger partial charge < -0.3 is 40.3 Å². The van der Waals surface area contributed by atoms with Crippen molar-refractivity contribution in [2.24, 2.45) is 0 Å². The Bertz CT molecular complexity index is 1510. The number of nitrogens with one attached hydrogen (secondary N) is 1. The smallest absolute Gasteiger partial charge is 0.220 e. The number of amides is 1. The van der Waals surface area contributed by atoms with Crippen LogP contribution in [0.5, 0.6) is 0 Å². The van der Waals surface area contributed by atoms with Crippen LogP contribution in [0.4, 0.5) is 0 Å². The lowest BCUT2D eigenvalue weighted by Crippen LogP contribution is -2.60. The monoisotopic (exact) mass is 976 g/mol. The number of aliphatic hydroxyl groups excluding tert-OH is 5. The first kappa shape index (κ1) is 64.6. The Labute approximate surface area is 427 Å². The Hall–Kier alpha value is -3.41. The predicted octanol–water partition coefficient (Wildman–Crippen LogP) is 13.6. The molecular formula is C61H101NO8. The number of carbonyl (C=O) groups is 1. The minimum absolute atomic E-state index is 0.191. The molecule has 0 aromatic rings. The molecule has 7 atom stereocenters. The summed E-state index contributed by atoms with van der Waals surface area (Å²) in [5.74, 6) is -0.191. The zero-order chi connectivity index (χ0) is 50.8. The summed E-state index contributed by atoms with van der Waals surface area (Å²) in [5, 5.41) is 54.2. The van der Waals surface area contributed by atoms with Crippen LogP contribution in [0.25, 0.3) is 0 Å². The third-order valence-electron chi connectivity index (χ3n) is 12.3. The molecule has 70 heavy (non-hydrogen) atoms. The molecule has 1 rings (SSSR count). The molecule has 1 aliphatic heterocycles. The van der Waals surface area contributed by atoms with E-state index in [0.29, 0.717) is 6.42 Å². The zero-order valence-electron chi connectivity index (χ0n) is 44.0. The number of rotatable bonds is 45. The molecule has 1 fully saturated rings. The first-order valence-electron chi connectivity index (χ1n) is 27.8. The lowest BCUT2D eigenvalue weighted by atomic mass is 9.99. The lowest BCUT2D eigenvalue weighted by molar-refractivity contribution is -0.302. The summed E-state index contributed by atoms with van der Waals surface area (Å²) >= 11 is 0. The van der Waals surface area contributed by atoms with Gasteiger partial charge >= 0.3 is 0 Å². The summed E-state index contributed by atoms with van der Waals surface area (Å²) in [6.45, 7) is 3.61. The molecule has 1 saturated heterocycles. The Kier molecular flexibility index (Phi) is 45.4. The Morgan fingerprint density at radius 1 is 0.500 bits per heavy atom. The summed E-state index contributed by atoms with van der Waals surface area (Å²) in [5.41, 5.74) is 0. The van der Waals surface area contributed by atoms with Crippen LogP contribution in [0.3, 0.4) is 0 Å². The molecule has 398 valence electrons. The molecule has 0 aliphatic carbocycles. The quantitative estimate of drug-likeness (QED) is 0.0261. The van der Waals surface area contributed by atoms with E-state index >= 15 is 0 Å². The highest BCUT2D eigenvalue weighted by molar-refractivity contribution is 5.76. The highest BCUT2D eigenvalue weighted by atomic mass is 16.7. The van der Waals surface area contributed by atoms with Gasteiger partial charge in [-0.1, -0.05) is 225 Å². The van der Waals surface area contributed by atoms with Crippen LogP contribution in [0.15, 0.2) is 122 Å². The third-order valence-corrected chi connectivity index (χ3v) is 12.3. The van der Waals surface area contributed by atoms with Gasteiger partial charge in [0.15, 0.2) is 6.29 Å². The second-order valence-corrected chi connectivity index (χ2v) is 18.6. The lowest BCUT2D eigenvalue weighted by Gasteiger charge is -2.40. The predicted molar refractivity (Wildman–Crippen MR) is 294 cm³/mol. The fraction of sp³-hybridized carbons (Fsp3) is 0.656. The fourth-order valence-corrected chi connectivity index (χ4v) is 7.91. The van der Waals surface area contributed by atoms with E-state index < -0.39 is 49.5 Å². The molecule has 1 amide bonds. The molecule has 0 aromatic heterocycles. The Morgan fingerprint density at radius 2 is 0.886 bits per heavy atom. The molecule has 0 bridgehead atoms. The largest absolute Gasteiger partial charge is 0.394 e. The van der Waals surface area contributed by atoms with Crippen molar-refractivity contribution in [3.63, 3.8) is 0 Å². The molecule has 9 heteroatoms. The highest BCUT2D eigenvalue weighted by Gasteiger charge is 2.44. The minimum Gasteiger partial charge on any atom is -0.394 e. The van der Waals surface area contributed by atoms with Gasteiger partial charge in [-0.3, -0.25) is 4.79 Å². The summed E-state index contributed by atoms with van der Waals surface area (Å²) in [4.78, 5) is 13.0. The van der Waals surface area contributed by atoms with Gasteiger partial charge in [-0.25, -0.2) is 0 Å². The van der Waals surface area contributed by atoms with E-state index in [1.54, 1.807) is 6.08 Å². The summed E-state index contributed by atoms with van der Waals surface area (Å²) in [6.07, 6.45) is 67.0. The minimum atomic E-state index is -1.57. The van der Waals surface area contributed by atoms with Crippen LogP contribution in [0, 0.1) is 0 Å². The van der Waals surface area contributed by atoms with E-state index in [0.717, 1.165) is 109 Å². The number of hydrogen-bond donors (Lipinski definition) is 6. The maximum Gasteiger partial charge on any atom is 0.220 e. The van der Waals surface area contributed by atoms with E-state index in [-0.39, 0.29) is 12.5 Å². The van der Waals surface area contributed by atoms with Crippen molar-refractivity contribution in [1.82, 2.24) is 5.32 Å². The van der Waals surface area contributed by atoms with E-state index in [1.165, 1.54) is 70.6 Å². The second-order valence-electron chi connectivity index (χ2n) is 18.6. The van der Waals surface area contributed by atoms with Crippen LogP contribution >= 0.6 is 0 Å². The van der Waals surface area contributed by atoms with Crippen LogP contribution in [0.2, 0.25) is 0 Å². The molecule has 7 unspecified atom stereocenters. The standard InChI is InChI=1S/C61H101NO8/c1-3-5-7-9-11-13-15-16-17-18-19-20-21-22-23-24-25-26-27-28-29-30-31-32-33-34-35-36-37-38-39-40-41-43-45-47-49-51-57(65)62-54(53-69-61-60(68)59(67)58(66)56(52-63)70-61)55(64)50-48-46-44-42-14-12-10-8-6-4-2/h5,7,11,13,16-17,19-20,22-23,25-26,28-29,31-32,34-35,48,50,54-56,58-61,63-64,66-68H,3-4,6,8-10,12,14-15,18,21,24,27,30,33,36-47,49,51-53H2,1-2H3,(H,62,65)/b7-5-,13-11-,17-16-,20-19-,23-22-,26-25-,29-28-,32-31-,35-34-,50-48+. The van der Waals surface area contributed by atoms with Gasteiger partial charge in [-0.05, 0) is 89.9 Å². The molecule has 0 saturated carbocycles.